The van der Waals surface area contributed by atoms with Gasteiger partial charge in [0.25, 0.3) is 0 Å². The Morgan fingerprint density at radius 3 is 2.83 bits per heavy atom. The van der Waals surface area contributed by atoms with E-state index in [1.54, 1.807) is 30.1 Å². The monoisotopic (exact) mass is 250 g/mol. The molecule has 1 saturated heterocycles. The number of halogens is 1. The zero-order valence-electron chi connectivity index (χ0n) is 10.8. The second-order valence-corrected chi connectivity index (χ2v) is 4.98. The van der Waals surface area contributed by atoms with Crippen LogP contribution in [0.25, 0.3) is 0 Å². The molecule has 98 valence electrons. The van der Waals surface area contributed by atoms with Crippen LogP contribution in [0.5, 0.6) is 0 Å². The largest absolute Gasteiger partial charge is 0.340 e. The second kappa shape index (κ2) is 5.48. The van der Waals surface area contributed by atoms with Crippen LogP contribution < -0.4 is 5.32 Å². The van der Waals surface area contributed by atoms with E-state index in [2.05, 4.69) is 12.2 Å². The Morgan fingerprint density at radius 1 is 1.50 bits per heavy atom. The Hall–Kier alpha value is -1.42. The molecule has 1 heterocycles. The lowest BCUT2D eigenvalue weighted by Crippen LogP contribution is -2.43. The van der Waals surface area contributed by atoms with Crippen LogP contribution in [0.4, 0.5) is 4.39 Å². The number of carbonyl (C=O) groups is 1. The predicted octanol–water partition coefficient (Wildman–Crippen LogP) is 1.78. The summed E-state index contributed by atoms with van der Waals surface area (Å²) in [4.78, 5) is 13.8. The van der Waals surface area contributed by atoms with E-state index >= 15 is 0 Å². The fourth-order valence-corrected chi connectivity index (χ4v) is 2.36. The van der Waals surface area contributed by atoms with Crippen molar-refractivity contribution in [1.29, 1.82) is 0 Å². The molecule has 0 aromatic heterocycles. The van der Waals surface area contributed by atoms with E-state index in [0.29, 0.717) is 18.0 Å². The SMILES string of the molecule is CC1CCNC1C(=O)N(C)Cc1ccccc1F. The molecule has 1 aromatic carbocycles. The van der Waals surface area contributed by atoms with Gasteiger partial charge in [0.2, 0.25) is 5.91 Å². The average molecular weight is 250 g/mol. The van der Waals surface area contributed by atoms with Gasteiger partial charge in [-0.1, -0.05) is 25.1 Å². The van der Waals surface area contributed by atoms with Crippen LogP contribution in [0, 0.1) is 11.7 Å². The van der Waals surface area contributed by atoms with Gasteiger partial charge in [-0.2, -0.15) is 0 Å². The minimum absolute atomic E-state index is 0.0447. The van der Waals surface area contributed by atoms with Crippen LogP contribution in [0.1, 0.15) is 18.9 Å². The molecule has 1 fully saturated rings. The van der Waals surface area contributed by atoms with Gasteiger partial charge in [0.15, 0.2) is 0 Å². The molecule has 1 N–H and O–H groups in total. The Morgan fingerprint density at radius 2 is 2.22 bits per heavy atom. The molecular weight excluding hydrogens is 231 g/mol. The summed E-state index contributed by atoms with van der Waals surface area (Å²) >= 11 is 0. The summed E-state index contributed by atoms with van der Waals surface area (Å²) < 4.78 is 13.5. The third-order valence-electron chi connectivity index (χ3n) is 3.54. The van der Waals surface area contributed by atoms with E-state index in [1.807, 2.05) is 0 Å². The van der Waals surface area contributed by atoms with E-state index in [1.165, 1.54) is 6.07 Å². The summed E-state index contributed by atoms with van der Waals surface area (Å²) in [7, 11) is 1.72. The average Bonchev–Trinajstić information content (AvgIpc) is 2.77. The van der Waals surface area contributed by atoms with Gasteiger partial charge in [-0.05, 0) is 24.9 Å². The maximum absolute atomic E-state index is 13.5. The highest BCUT2D eigenvalue weighted by Crippen LogP contribution is 2.17. The first-order valence-corrected chi connectivity index (χ1v) is 6.31. The van der Waals surface area contributed by atoms with E-state index in [4.69, 9.17) is 0 Å². The first-order valence-electron chi connectivity index (χ1n) is 6.31. The quantitative estimate of drug-likeness (QED) is 0.887. The van der Waals surface area contributed by atoms with Crippen LogP contribution in [0.2, 0.25) is 0 Å². The van der Waals surface area contributed by atoms with Crippen LogP contribution in [0.15, 0.2) is 24.3 Å². The highest BCUT2D eigenvalue weighted by atomic mass is 19.1. The van der Waals surface area contributed by atoms with Crippen molar-refractivity contribution in [1.82, 2.24) is 10.2 Å². The normalized spacial score (nSPS) is 23.1. The Bertz CT molecular complexity index is 436. The van der Waals surface area contributed by atoms with Gasteiger partial charge in [-0.3, -0.25) is 4.79 Å². The third-order valence-corrected chi connectivity index (χ3v) is 3.54. The standard InChI is InChI=1S/C14H19FN2O/c1-10-7-8-16-13(10)14(18)17(2)9-11-5-3-4-6-12(11)15/h3-6,10,13,16H,7-9H2,1-2H3. The molecule has 0 aliphatic carbocycles. The van der Waals surface area contributed by atoms with Gasteiger partial charge >= 0.3 is 0 Å². The van der Waals surface area contributed by atoms with Crippen molar-refractivity contribution in [3.63, 3.8) is 0 Å². The van der Waals surface area contributed by atoms with Crippen molar-refractivity contribution in [2.24, 2.45) is 5.92 Å². The number of hydrogen-bond donors (Lipinski definition) is 1. The molecule has 1 aliphatic heterocycles. The molecule has 2 atom stereocenters. The van der Waals surface area contributed by atoms with Crippen molar-refractivity contribution < 1.29 is 9.18 Å². The third kappa shape index (κ3) is 2.70. The van der Waals surface area contributed by atoms with Gasteiger partial charge in [0.05, 0.1) is 6.04 Å². The molecule has 1 aromatic rings. The van der Waals surface area contributed by atoms with Crippen molar-refractivity contribution in [3.8, 4) is 0 Å². The lowest BCUT2D eigenvalue weighted by Gasteiger charge is -2.23. The molecular formula is C14H19FN2O. The molecule has 0 radical (unpaired) electrons. The van der Waals surface area contributed by atoms with Crippen LogP contribution in [0.3, 0.4) is 0 Å². The summed E-state index contributed by atoms with van der Waals surface area (Å²) in [6.45, 7) is 3.26. The molecule has 2 rings (SSSR count). The van der Waals surface area contributed by atoms with Gasteiger partial charge in [0.1, 0.15) is 5.82 Å². The highest BCUT2D eigenvalue weighted by molar-refractivity contribution is 5.82. The lowest BCUT2D eigenvalue weighted by molar-refractivity contribution is -0.133. The first-order chi connectivity index (χ1) is 8.59. The molecule has 2 unspecified atom stereocenters. The summed E-state index contributed by atoms with van der Waals surface area (Å²) in [5, 5.41) is 3.20. The number of hydrogen-bond acceptors (Lipinski definition) is 2. The van der Waals surface area contributed by atoms with Crippen molar-refractivity contribution in [3.05, 3.63) is 35.6 Å². The number of likely N-dealkylation sites (N-methyl/N-ethyl adjacent to an activating group) is 1. The zero-order chi connectivity index (χ0) is 13.1. The van der Waals surface area contributed by atoms with Crippen LogP contribution >= 0.6 is 0 Å². The Labute approximate surface area is 107 Å². The molecule has 1 aliphatic rings. The van der Waals surface area contributed by atoms with E-state index in [-0.39, 0.29) is 17.8 Å². The number of rotatable bonds is 3. The van der Waals surface area contributed by atoms with Crippen molar-refractivity contribution >= 4 is 5.91 Å². The Balaban J connectivity index is 2.01. The topological polar surface area (TPSA) is 32.3 Å². The first kappa shape index (κ1) is 13.0. The molecule has 1 amide bonds. The number of amides is 1. The van der Waals surface area contributed by atoms with E-state index < -0.39 is 0 Å². The summed E-state index contributed by atoms with van der Waals surface area (Å²) in [6, 6.07) is 6.45. The van der Waals surface area contributed by atoms with Gasteiger partial charge in [0, 0.05) is 19.2 Å². The van der Waals surface area contributed by atoms with Gasteiger partial charge < -0.3 is 10.2 Å². The number of benzene rings is 1. The van der Waals surface area contributed by atoms with Gasteiger partial charge in [-0.25, -0.2) is 4.39 Å². The number of nitrogens with zero attached hydrogens (tertiary/aromatic N) is 1. The van der Waals surface area contributed by atoms with Gasteiger partial charge in [-0.15, -0.1) is 0 Å². The minimum Gasteiger partial charge on any atom is -0.340 e. The fraction of sp³-hybridized carbons (Fsp3) is 0.500. The predicted molar refractivity (Wildman–Crippen MR) is 68.4 cm³/mol. The smallest absolute Gasteiger partial charge is 0.240 e. The molecule has 0 saturated carbocycles. The van der Waals surface area contributed by atoms with Crippen molar-refractivity contribution in [2.75, 3.05) is 13.6 Å². The van der Waals surface area contributed by atoms with E-state index in [0.717, 1.165) is 13.0 Å². The summed E-state index contributed by atoms with van der Waals surface area (Å²) in [6.07, 6.45) is 1.02. The lowest BCUT2D eigenvalue weighted by atomic mass is 10.0. The zero-order valence-corrected chi connectivity index (χ0v) is 10.8. The summed E-state index contributed by atoms with van der Waals surface area (Å²) in [5.74, 6) is 0.133. The highest BCUT2D eigenvalue weighted by Gasteiger charge is 2.31. The summed E-state index contributed by atoms with van der Waals surface area (Å²) in [5.41, 5.74) is 0.555. The fourth-order valence-electron chi connectivity index (χ4n) is 2.36. The molecule has 18 heavy (non-hydrogen) atoms. The second-order valence-electron chi connectivity index (χ2n) is 4.98. The minimum atomic E-state index is -0.260. The van der Waals surface area contributed by atoms with E-state index in [9.17, 15) is 9.18 Å². The Kier molecular flexibility index (Phi) is 3.97. The van der Waals surface area contributed by atoms with Crippen LogP contribution in [-0.4, -0.2) is 30.4 Å². The maximum Gasteiger partial charge on any atom is 0.240 e. The molecule has 0 spiro atoms. The maximum atomic E-state index is 13.5. The number of nitrogens with one attached hydrogen (secondary N) is 1. The molecule has 4 heteroatoms. The van der Waals surface area contributed by atoms with Crippen LogP contribution in [-0.2, 0) is 11.3 Å². The van der Waals surface area contributed by atoms with Crippen molar-refractivity contribution in [2.45, 2.75) is 25.9 Å². The number of carbonyl (C=O) groups excluding carboxylic acids is 1. The molecule has 0 bridgehead atoms. The molecule has 3 nitrogen and oxygen atoms in total.